The van der Waals surface area contributed by atoms with E-state index in [4.69, 9.17) is 0 Å². The summed E-state index contributed by atoms with van der Waals surface area (Å²) in [6.07, 6.45) is 1.48. The lowest BCUT2D eigenvalue weighted by atomic mass is 10.0. The van der Waals surface area contributed by atoms with Crippen LogP contribution >= 0.6 is 22.6 Å². The molecular weight excluding hydrogens is 441 g/mol. The van der Waals surface area contributed by atoms with Gasteiger partial charge in [0.2, 0.25) is 5.91 Å². The number of aromatic carboxylic acids is 1. The molecule has 0 unspecified atom stereocenters. The predicted octanol–water partition coefficient (Wildman–Crippen LogP) is 5.18. The van der Waals surface area contributed by atoms with Crippen LogP contribution in [0.15, 0.2) is 66.7 Å². The number of carboxylic acid groups (broad SMARTS) is 1. The summed E-state index contributed by atoms with van der Waals surface area (Å²) < 4.78 is 0.792. The van der Waals surface area contributed by atoms with Gasteiger partial charge in [0.25, 0.3) is 0 Å². The number of carbonyl (C=O) groups excluding carboxylic acids is 1. The number of rotatable bonds is 4. The average Bonchev–Trinajstić information content (AvgIpc) is 2.62. The minimum absolute atomic E-state index is 0.0713. The zero-order valence-corrected chi connectivity index (χ0v) is 16.2. The number of amides is 1. The molecule has 4 nitrogen and oxygen atoms in total. The van der Waals surface area contributed by atoms with E-state index in [-0.39, 0.29) is 17.2 Å². The molecular formula is C21H16INO3. The molecule has 0 saturated carbocycles. The Hall–Kier alpha value is -2.67. The summed E-state index contributed by atoms with van der Waals surface area (Å²) in [5.74, 6) is -1.44. The Morgan fingerprint density at radius 2 is 1.73 bits per heavy atom. The highest BCUT2D eigenvalue weighted by Crippen LogP contribution is 2.22. The zero-order valence-electron chi connectivity index (χ0n) is 14.0. The fraction of sp³-hybridized carbons (Fsp3) is 0.0476. The maximum absolute atomic E-state index is 12.3. The Morgan fingerprint density at radius 3 is 2.46 bits per heavy atom. The second-order valence-corrected chi connectivity index (χ2v) is 7.12. The van der Waals surface area contributed by atoms with E-state index in [2.05, 4.69) is 5.32 Å². The maximum Gasteiger partial charge on any atom is 0.337 e. The molecule has 26 heavy (non-hydrogen) atoms. The van der Waals surface area contributed by atoms with Crippen molar-refractivity contribution in [2.24, 2.45) is 0 Å². The second kappa shape index (κ2) is 7.70. The lowest BCUT2D eigenvalue weighted by molar-refractivity contribution is -0.111. The molecule has 3 rings (SSSR count). The van der Waals surface area contributed by atoms with Crippen molar-refractivity contribution in [3.8, 4) is 0 Å². The predicted molar refractivity (Wildman–Crippen MR) is 112 cm³/mol. The number of fused-ring (bicyclic) bond motifs is 1. The van der Waals surface area contributed by atoms with Gasteiger partial charge in [-0.2, -0.15) is 0 Å². The van der Waals surface area contributed by atoms with Crippen molar-refractivity contribution in [2.75, 3.05) is 5.32 Å². The van der Waals surface area contributed by atoms with Crippen LogP contribution in [-0.2, 0) is 4.79 Å². The molecule has 5 heteroatoms. The van der Waals surface area contributed by atoms with Crippen LogP contribution in [0.3, 0.4) is 0 Å². The van der Waals surface area contributed by atoms with Crippen LogP contribution < -0.4 is 5.32 Å². The van der Waals surface area contributed by atoms with Gasteiger partial charge < -0.3 is 10.4 Å². The third kappa shape index (κ3) is 4.11. The van der Waals surface area contributed by atoms with Crippen LogP contribution in [0.2, 0.25) is 0 Å². The highest BCUT2D eigenvalue weighted by Gasteiger charge is 2.12. The highest BCUT2D eigenvalue weighted by molar-refractivity contribution is 14.1. The van der Waals surface area contributed by atoms with Crippen molar-refractivity contribution in [3.05, 3.63) is 81.4 Å². The number of hydrogen-bond donors (Lipinski definition) is 2. The average molecular weight is 457 g/mol. The molecule has 130 valence electrons. The summed E-state index contributed by atoms with van der Waals surface area (Å²) in [5.41, 5.74) is 2.10. The first-order valence-corrected chi connectivity index (χ1v) is 9.03. The molecule has 0 heterocycles. The smallest absolute Gasteiger partial charge is 0.337 e. The summed E-state index contributed by atoms with van der Waals surface area (Å²) in [4.78, 5) is 23.7. The number of carbonyl (C=O) groups is 2. The van der Waals surface area contributed by atoms with E-state index in [0.717, 1.165) is 25.5 Å². The number of carboxylic acids is 1. The summed E-state index contributed by atoms with van der Waals surface area (Å²) in [6, 6.07) is 18.9. The topological polar surface area (TPSA) is 66.4 Å². The first-order chi connectivity index (χ1) is 12.4. The van der Waals surface area contributed by atoms with Crippen molar-refractivity contribution < 1.29 is 14.7 Å². The quantitative estimate of drug-likeness (QED) is 0.419. The second-order valence-electron chi connectivity index (χ2n) is 5.87. The third-order valence-electron chi connectivity index (χ3n) is 4.02. The molecule has 3 aromatic carbocycles. The molecule has 1 amide bonds. The molecule has 0 aliphatic heterocycles. The van der Waals surface area contributed by atoms with Gasteiger partial charge in [-0.05, 0) is 75.7 Å². The van der Waals surface area contributed by atoms with Crippen molar-refractivity contribution in [1.29, 1.82) is 0 Å². The van der Waals surface area contributed by atoms with Crippen molar-refractivity contribution in [3.63, 3.8) is 0 Å². The molecule has 0 radical (unpaired) electrons. The number of allylic oxidation sites excluding steroid dienone is 1. The SMILES string of the molecule is CC(=CC(=O)Nc1ccc(I)cc1C(=O)O)c1ccc2ccccc2c1. The number of halogens is 1. The van der Waals surface area contributed by atoms with Gasteiger partial charge in [0, 0.05) is 9.65 Å². The zero-order chi connectivity index (χ0) is 18.7. The maximum atomic E-state index is 12.3. The Morgan fingerprint density at radius 1 is 1.00 bits per heavy atom. The molecule has 3 aromatic rings. The number of hydrogen-bond acceptors (Lipinski definition) is 2. The fourth-order valence-corrected chi connectivity index (χ4v) is 3.18. The largest absolute Gasteiger partial charge is 0.478 e. The van der Waals surface area contributed by atoms with E-state index in [1.54, 1.807) is 12.1 Å². The first-order valence-electron chi connectivity index (χ1n) is 7.95. The van der Waals surface area contributed by atoms with Crippen LogP contribution in [0.5, 0.6) is 0 Å². The van der Waals surface area contributed by atoms with Gasteiger partial charge in [-0.1, -0.05) is 36.4 Å². The van der Waals surface area contributed by atoms with E-state index in [9.17, 15) is 14.7 Å². The van der Waals surface area contributed by atoms with E-state index in [1.807, 2.05) is 72.0 Å². The van der Waals surface area contributed by atoms with Crippen molar-refractivity contribution in [2.45, 2.75) is 6.92 Å². The molecule has 0 aliphatic rings. The molecule has 0 atom stereocenters. The van der Waals surface area contributed by atoms with Crippen LogP contribution in [0.1, 0.15) is 22.8 Å². The van der Waals surface area contributed by atoms with Crippen molar-refractivity contribution in [1.82, 2.24) is 0 Å². The van der Waals surface area contributed by atoms with Crippen molar-refractivity contribution >= 4 is 56.5 Å². The van der Waals surface area contributed by atoms with Crippen LogP contribution in [-0.4, -0.2) is 17.0 Å². The molecule has 0 aliphatic carbocycles. The van der Waals surface area contributed by atoms with Gasteiger partial charge in [0.1, 0.15) is 0 Å². The minimum Gasteiger partial charge on any atom is -0.478 e. The Balaban J connectivity index is 1.85. The van der Waals surface area contributed by atoms with E-state index < -0.39 is 5.97 Å². The highest BCUT2D eigenvalue weighted by atomic mass is 127. The number of anilines is 1. The Bertz CT molecular complexity index is 1040. The van der Waals surface area contributed by atoms with E-state index >= 15 is 0 Å². The molecule has 0 spiro atoms. The van der Waals surface area contributed by atoms with Crippen LogP contribution in [0, 0.1) is 3.57 Å². The summed E-state index contributed by atoms with van der Waals surface area (Å²) in [6.45, 7) is 1.86. The third-order valence-corrected chi connectivity index (χ3v) is 4.69. The first kappa shape index (κ1) is 18.1. The summed E-state index contributed by atoms with van der Waals surface area (Å²) in [5, 5.41) is 14.2. The van der Waals surface area contributed by atoms with Gasteiger partial charge in [-0.15, -0.1) is 0 Å². The van der Waals surface area contributed by atoms with Gasteiger partial charge >= 0.3 is 5.97 Å². The normalized spacial score (nSPS) is 11.4. The summed E-state index contributed by atoms with van der Waals surface area (Å²) in [7, 11) is 0. The van der Waals surface area contributed by atoms with E-state index in [0.29, 0.717) is 0 Å². The standard InChI is InChI=1S/C21H16INO3/c1-13(15-7-6-14-4-2-3-5-16(14)11-15)10-20(24)23-19-9-8-17(22)12-18(19)21(25)26/h2-12H,1H3,(H,23,24)(H,25,26). The van der Waals surface area contributed by atoms with Gasteiger partial charge in [0.05, 0.1) is 11.3 Å². The minimum atomic E-state index is -1.07. The molecule has 0 aromatic heterocycles. The van der Waals surface area contributed by atoms with Gasteiger partial charge in [0.15, 0.2) is 0 Å². The van der Waals surface area contributed by atoms with Crippen LogP contribution in [0.4, 0.5) is 5.69 Å². The molecule has 0 bridgehead atoms. The Kier molecular flexibility index (Phi) is 5.37. The van der Waals surface area contributed by atoms with Gasteiger partial charge in [-0.25, -0.2) is 4.79 Å². The van der Waals surface area contributed by atoms with Crippen LogP contribution in [0.25, 0.3) is 16.3 Å². The number of benzene rings is 3. The van der Waals surface area contributed by atoms with Gasteiger partial charge in [-0.3, -0.25) is 4.79 Å². The summed E-state index contributed by atoms with van der Waals surface area (Å²) >= 11 is 2.04. The lowest BCUT2D eigenvalue weighted by Crippen LogP contribution is -2.12. The van der Waals surface area contributed by atoms with E-state index in [1.165, 1.54) is 12.1 Å². The fourth-order valence-electron chi connectivity index (χ4n) is 2.69. The molecule has 0 fully saturated rings. The monoisotopic (exact) mass is 457 g/mol. The molecule has 2 N–H and O–H groups in total. The Labute approximate surface area is 164 Å². The lowest BCUT2D eigenvalue weighted by Gasteiger charge is -2.08. The molecule has 0 saturated heterocycles. The number of nitrogens with one attached hydrogen (secondary N) is 1.